The second kappa shape index (κ2) is 6.90. The average molecular weight is 340 g/mol. The predicted octanol–water partition coefficient (Wildman–Crippen LogP) is 6.88. The molecule has 2 heteroatoms. The van der Waals surface area contributed by atoms with Crippen LogP contribution >= 0.6 is 0 Å². The molecule has 132 valence electrons. The molecule has 2 aliphatic carbocycles. The number of benzene rings is 2. The summed E-state index contributed by atoms with van der Waals surface area (Å²) in [5.74, 6) is 1.77. The molecule has 1 fully saturated rings. The van der Waals surface area contributed by atoms with Crippen molar-refractivity contribution in [1.29, 1.82) is 0 Å². The van der Waals surface area contributed by atoms with Crippen LogP contribution in [-0.4, -0.2) is 0 Å². The molecule has 0 saturated heterocycles. The Bertz CT molecular complexity index is 747. The van der Waals surface area contributed by atoms with E-state index in [-0.39, 0.29) is 11.6 Å². The third-order valence-corrected chi connectivity index (χ3v) is 6.39. The van der Waals surface area contributed by atoms with Gasteiger partial charge in [0.2, 0.25) is 0 Å². The van der Waals surface area contributed by atoms with E-state index in [0.29, 0.717) is 11.5 Å². The zero-order chi connectivity index (χ0) is 17.4. The van der Waals surface area contributed by atoms with Gasteiger partial charge < -0.3 is 0 Å². The lowest BCUT2D eigenvalue weighted by Crippen LogP contribution is -2.28. The Morgan fingerprint density at radius 1 is 0.960 bits per heavy atom. The molecule has 0 nitrogen and oxygen atoms in total. The van der Waals surface area contributed by atoms with Gasteiger partial charge in [0.25, 0.3) is 0 Å². The fraction of sp³-hybridized carbons (Fsp3) is 0.478. The second-order valence-corrected chi connectivity index (χ2v) is 7.87. The summed E-state index contributed by atoms with van der Waals surface area (Å²) in [5, 5.41) is 0. The minimum atomic E-state index is -0.284. The molecule has 0 amide bonds. The Morgan fingerprint density at radius 3 is 2.52 bits per heavy atom. The smallest absolute Gasteiger partial charge is 0.134 e. The third-order valence-electron chi connectivity index (χ3n) is 6.39. The van der Waals surface area contributed by atoms with Crippen molar-refractivity contribution in [3.63, 3.8) is 0 Å². The van der Waals surface area contributed by atoms with Gasteiger partial charge in [-0.3, -0.25) is 0 Å². The highest BCUT2D eigenvalue weighted by Gasteiger charge is 2.36. The first kappa shape index (κ1) is 16.8. The van der Waals surface area contributed by atoms with E-state index in [0.717, 1.165) is 35.8 Å². The van der Waals surface area contributed by atoms with Gasteiger partial charge in [0.15, 0.2) is 0 Å². The van der Waals surface area contributed by atoms with E-state index in [9.17, 15) is 4.39 Å². The monoisotopic (exact) mass is 340 g/mol. The van der Waals surface area contributed by atoms with Gasteiger partial charge in [-0.1, -0.05) is 44.0 Å². The SMILES string of the molecule is CCC[C@@H]1CC[C@@H]2c3ccc(-c4ccc(F)cc4)c(F)c3CC[C@@H]2C1. The Hall–Kier alpha value is -1.70. The molecule has 3 atom stereocenters. The molecule has 0 aliphatic heterocycles. The first-order valence-corrected chi connectivity index (χ1v) is 9.74. The summed E-state index contributed by atoms with van der Waals surface area (Å²) in [6, 6.07) is 10.2. The summed E-state index contributed by atoms with van der Waals surface area (Å²) in [6.45, 7) is 2.27. The van der Waals surface area contributed by atoms with Gasteiger partial charge >= 0.3 is 0 Å². The summed E-state index contributed by atoms with van der Waals surface area (Å²) >= 11 is 0. The Morgan fingerprint density at radius 2 is 1.76 bits per heavy atom. The van der Waals surface area contributed by atoms with Crippen molar-refractivity contribution in [3.8, 4) is 11.1 Å². The van der Waals surface area contributed by atoms with Crippen LogP contribution in [0.1, 0.15) is 62.5 Å². The van der Waals surface area contributed by atoms with Crippen LogP contribution in [0.15, 0.2) is 36.4 Å². The van der Waals surface area contributed by atoms with E-state index in [4.69, 9.17) is 0 Å². The number of hydrogen-bond donors (Lipinski definition) is 0. The van der Waals surface area contributed by atoms with E-state index >= 15 is 4.39 Å². The summed E-state index contributed by atoms with van der Waals surface area (Å²) in [4.78, 5) is 0. The molecule has 0 heterocycles. The average Bonchev–Trinajstić information content (AvgIpc) is 2.63. The number of hydrogen-bond acceptors (Lipinski definition) is 0. The van der Waals surface area contributed by atoms with Gasteiger partial charge in [0.05, 0.1) is 0 Å². The molecule has 2 aliphatic rings. The van der Waals surface area contributed by atoms with E-state index in [1.165, 1.54) is 49.8 Å². The van der Waals surface area contributed by atoms with Crippen LogP contribution in [0.2, 0.25) is 0 Å². The van der Waals surface area contributed by atoms with Gasteiger partial charge in [-0.2, -0.15) is 0 Å². The van der Waals surface area contributed by atoms with Crippen molar-refractivity contribution in [3.05, 3.63) is 59.2 Å². The number of fused-ring (bicyclic) bond motifs is 3. The summed E-state index contributed by atoms with van der Waals surface area (Å²) < 4.78 is 28.4. The highest BCUT2D eigenvalue weighted by atomic mass is 19.1. The maximum Gasteiger partial charge on any atom is 0.134 e. The van der Waals surface area contributed by atoms with E-state index in [1.54, 1.807) is 12.1 Å². The van der Waals surface area contributed by atoms with Gasteiger partial charge in [0.1, 0.15) is 11.6 Å². The molecular weight excluding hydrogens is 314 g/mol. The first-order chi connectivity index (χ1) is 12.2. The maximum absolute atomic E-state index is 15.2. The van der Waals surface area contributed by atoms with E-state index in [1.807, 2.05) is 6.07 Å². The molecular formula is C23H26F2. The maximum atomic E-state index is 15.2. The lowest BCUT2D eigenvalue weighted by Gasteiger charge is -2.41. The van der Waals surface area contributed by atoms with Crippen molar-refractivity contribution >= 4 is 0 Å². The molecule has 4 rings (SSSR count). The minimum absolute atomic E-state index is 0.0850. The molecule has 0 unspecified atom stereocenters. The van der Waals surface area contributed by atoms with Gasteiger partial charge in [-0.15, -0.1) is 0 Å². The zero-order valence-electron chi connectivity index (χ0n) is 14.9. The fourth-order valence-corrected chi connectivity index (χ4v) is 5.18. The molecule has 0 bridgehead atoms. The predicted molar refractivity (Wildman–Crippen MR) is 98.6 cm³/mol. The van der Waals surface area contributed by atoms with Gasteiger partial charge in [0, 0.05) is 5.56 Å². The lowest BCUT2D eigenvalue weighted by atomic mass is 9.64. The summed E-state index contributed by atoms with van der Waals surface area (Å²) in [5.41, 5.74) is 3.53. The third kappa shape index (κ3) is 3.12. The highest BCUT2D eigenvalue weighted by molar-refractivity contribution is 5.66. The van der Waals surface area contributed by atoms with Crippen molar-refractivity contribution in [2.24, 2.45) is 11.8 Å². The highest BCUT2D eigenvalue weighted by Crippen LogP contribution is 2.49. The van der Waals surface area contributed by atoms with Gasteiger partial charge in [-0.25, -0.2) is 8.78 Å². The van der Waals surface area contributed by atoms with Gasteiger partial charge in [-0.05, 0) is 78.7 Å². The molecule has 25 heavy (non-hydrogen) atoms. The molecule has 1 saturated carbocycles. The zero-order valence-corrected chi connectivity index (χ0v) is 14.9. The van der Waals surface area contributed by atoms with Crippen molar-refractivity contribution in [2.75, 3.05) is 0 Å². The number of rotatable bonds is 3. The molecule has 0 N–H and O–H groups in total. The molecule has 2 aromatic rings. The molecule has 0 radical (unpaired) electrons. The molecule has 0 aromatic heterocycles. The van der Waals surface area contributed by atoms with Crippen LogP contribution in [0.3, 0.4) is 0 Å². The van der Waals surface area contributed by atoms with Crippen LogP contribution in [0.4, 0.5) is 8.78 Å². The Labute approximate surface area is 149 Å². The van der Waals surface area contributed by atoms with Crippen molar-refractivity contribution in [2.45, 2.75) is 57.8 Å². The Balaban J connectivity index is 1.64. The van der Waals surface area contributed by atoms with Crippen LogP contribution in [-0.2, 0) is 6.42 Å². The fourth-order valence-electron chi connectivity index (χ4n) is 5.18. The van der Waals surface area contributed by atoms with Crippen molar-refractivity contribution in [1.82, 2.24) is 0 Å². The number of halogens is 2. The quantitative estimate of drug-likeness (QED) is 0.571. The van der Waals surface area contributed by atoms with E-state index in [2.05, 4.69) is 13.0 Å². The molecule has 0 spiro atoms. The van der Waals surface area contributed by atoms with Crippen molar-refractivity contribution < 1.29 is 8.78 Å². The van der Waals surface area contributed by atoms with Crippen LogP contribution in [0, 0.1) is 23.5 Å². The topological polar surface area (TPSA) is 0 Å². The van der Waals surface area contributed by atoms with Crippen LogP contribution in [0.5, 0.6) is 0 Å². The first-order valence-electron chi connectivity index (χ1n) is 9.74. The lowest BCUT2D eigenvalue weighted by molar-refractivity contribution is 0.200. The van der Waals surface area contributed by atoms with E-state index < -0.39 is 0 Å². The second-order valence-electron chi connectivity index (χ2n) is 7.87. The Kier molecular flexibility index (Phi) is 4.62. The minimum Gasteiger partial charge on any atom is -0.207 e. The molecule has 2 aromatic carbocycles. The van der Waals surface area contributed by atoms with Crippen LogP contribution < -0.4 is 0 Å². The summed E-state index contributed by atoms with van der Waals surface area (Å²) in [6.07, 6.45) is 8.38. The normalized spacial score (nSPS) is 25.3. The summed E-state index contributed by atoms with van der Waals surface area (Å²) in [7, 11) is 0. The largest absolute Gasteiger partial charge is 0.207 e. The standard InChI is InChI=1S/C23H26F2/c1-2-3-15-4-10-19-17(14-15)7-11-22-21(19)13-12-20(23(22)25)16-5-8-18(24)9-6-16/h5-6,8-9,12-13,15,17,19H,2-4,7,10-11,14H2,1H3/t15-,17-,19+/m1/s1. The van der Waals surface area contributed by atoms with Crippen LogP contribution in [0.25, 0.3) is 11.1 Å².